The van der Waals surface area contributed by atoms with E-state index in [1.54, 1.807) is 24.5 Å². The number of carbonyl (C=O) groups excluding carboxylic acids is 1. The fourth-order valence-electron chi connectivity index (χ4n) is 2.78. The van der Waals surface area contributed by atoms with Crippen molar-refractivity contribution in [2.75, 3.05) is 0 Å². The summed E-state index contributed by atoms with van der Waals surface area (Å²) in [7, 11) is -1.73. The van der Waals surface area contributed by atoms with E-state index in [4.69, 9.17) is 27.6 Å². The number of fused-ring (bicyclic) bond motifs is 1. The highest BCUT2D eigenvalue weighted by molar-refractivity contribution is 6.43. The number of furan rings is 1. The SMILES string of the molecule is O=C(Cc1c(Cl)cccc1Cl)N[C@@H](Cc1coc2ccccc12)B(O)O. The molecule has 8 heteroatoms. The number of nitrogens with one attached hydrogen (secondary N) is 1. The van der Waals surface area contributed by atoms with E-state index >= 15 is 0 Å². The Kier molecular flexibility index (Phi) is 5.89. The Bertz CT molecular complexity index is 908. The molecule has 0 bridgehead atoms. The minimum Gasteiger partial charge on any atom is -0.464 e. The Hall–Kier alpha value is -1.99. The van der Waals surface area contributed by atoms with Gasteiger partial charge in [-0.25, -0.2) is 0 Å². The van der Waals surface area contributed by atoms with Crippen LogP contribution in [0.3, 0.4) is 0 Å². The topological polar surface area (TPSA) is 82.7 Å². The average Bonchev–Trinajstić information content (AvgIpc) is 3.01. The van der Waals surface area contributed by atoms with E-state index in [2.05, 4.69) is 5.32 Å². The van der Waals surface area contributed by atoms with Crippen LogP contribution in [0.5, 0.6) is 0 Å². The zero-order valence-electron chi connectivity index (χ0n) is 13.7. The van der Waals surface area contributed by atoms with Gasteiger partial charge in [0.25, 0.3) is 0 Å². The van der Waals surface area contributed by atoms with Crippen LogP contribution in [0.25, 0.3) is 11.0 Å². The first-order valence-corrected chi connectivity index (χ1v) is 8.75. The summed E-state index contributed by atoms with van der Waals surface area (Å²) in [5.74, 6) is -1.31. The Labute approximate surface area is 160 Å². The molecule has 1 atom stereocenters. The number of halogens is 2. The van der Waals surface area contributed by atoms with Crippen molar-refractivity contribution in [2.45, 2.75) is 18.8 Å². The smallest absolute Gasteiger partial charge is 0.464 e. The highest BCUT2D eigenvalue weighted by Crippen LogP contribution is 2.25. The normalized spacial score (nSPS) is 12.2. The zero-order chi connectivity index (χ0) is 18.7. The van der Waals surface area contributed by atoms with Crippen LogP contribution in [-0.4, -0.2) is 29.0 Å². The molecule has 0 unspecified atom stereocenters. The lowest BCUT2D eigenvalue weighted by molar-refractivity contribution is -0.120. The quantitative estimate of drug-likeness (QED) is 0.564. The third kappa shape index (κ3) is 4.22. The first kappa shape index (κ1) is 18.8. The lowest BCUT2D eigenvalue weighted by atomic mass is 9.75. The molecule has 134 valence electrons. The van der Waals surface area contributed by atoms with E-state index < -0.39 is 19.0 Å². The highest BCUT2D eigenvalue weighted by atomic mass is 35.5. The maximum Gasteiger partial charge on any atom is 0.475 e. The van der Waals surface area contributed by atoms with Gasteiger partial charge in [0.05, 0.1) is 18.6 Å². The Morgan fingerprint density at radius 1 is 1.12 bits per heavy atom. The average molecular weight is 392 g/mol. The van der Waals surface area contributed by atoms with Gasteiger partial charge < -0.3 is 19.8 Å². The van der Waals surface area contributed by atoms with Gasteiger partial charge in [-0.2, -0.15) is 0 Å². The predicted octanol–water partition coefficient (Wildman–Crippen LogP) is 3.02. The van der Waals surface area contributed by atoms with Crippen LogP contribution < -0.4 is 5.32 Å². The summed E-state index contributed by atoms with van der Waals surface area (Å²) in [5.41, 5.74) is 1.96. The molecule has 0 spiro atoms. The van der Waals surface area contributed by atoms with Gasteiger partial charge in [0.15, 0.2) is 0 Å². The minimum absolute atomic E-state index is 0.0616. The molecule has 3 rings (SSSR count). The first-order chi connectivity index (χ1) is 12.5. The molecule has 0 aliphatic carbocycles. The second-order valence-corrected chi connectivity index (χ2v) is 6.74. The molecule has 3 aromatic rings. The van der Waals surface area contributed by atoms with Crippen molar-refractivity contribution < 1.29 is 19.3 Å². The van der Waals surface area contributed by atoms with E-state index in [1.807, 2.05) is 24.3 Å². The number of hydrogen-bond acceptors (Lipinski definition) is 4. The molecule has 1 heterocycles. The lowest BCUT2D eigenvalue weighted by Gasteiger charge is -2.18. The molecular formula is C18H16BCl2NO4. The van der Waals surface area contributed by atoms with Gasteiger partial charge in [-0.05, 0) is 35.7 Å². The summed E-state index contributed by atoms with van der Waals surface area (Å²) in [4.78, 5) is 12.3. The summed E-state index contributed by atoms with van der Waals surface area (Å²) in [6.07, 6.45) is 1.70. The molecule has 0 fully saturated rings. The monoisotopic (exact) mass is 391 g/mol. The lowest BCUT2D eigenvalue weighted by Crippen LogP contribution is -2.48. The summed E-state index contributed by atoms with van der Waals surface area (Å²) >= 11 is 12.2. The summed E-state index contributed by atoms with van der Waals surface area (Å²) in [6, 6.07) is 12.4. The van der Waals surface area contributed by atoms with Gasteiger partial charge in [-0.3, -0.25) is 4.79 Å². The van der Waals surface area contributed by atoms with Crippen molar-refractivity contribution in [1.82, 2.24) is 5.32 Å². The van der Waals surface area contributed by atoms with Crippen molar-refractivity contribution in [3.63, 3.8) is 0 Å². The number of amides is 1. The van der Waals surface area contributed by atoms with E-state index in [9.17, 15) is 14.8 Å². The van der Waals surface area contributed by atoms with Gasteiger partial charge in [0.1, 0.15) is 5.58 Å². The van der Waals surface area contributed by atoms with Crippen molar-refractivity contribution >= 4 is 47.2 Å². The van der Waals surface area contributed by atoms with Crippen molar-refractivity contribution in [1.29, 1.82) is 0 Å². The molecule has 0 saturated heterocycles. The predicted molar refractivity (Wildman–Crippen MR) is 102 cm³/mol. The van der Waals surface area contributed by atoms with Crippen LogP contribution in [0.4, 0.5) is 0 Å². The molecule has 2 aromatic carbocycles. The fraction of sp³-hybridized carbons (Fsp3) is 0.167. The van der Waals surface area contributed by atoms with Gasteiger partial charge >= 0.3 is 7.12 Å². The molecule has 1 aromatic heterocycles. The summed E-state index contributed by atoms with van der Waals surface area (Å²) in [5, 5.41) is 23.6. The van der Waals surface area contributed by atoms with Gasteiger partial charge in [0, 0.05) is 15.4 Å². The van der Waals surface area contributed by atoms with Crippen LogP contribution in [-0.2, 0) is 17.6 Å². The molecule has 0 aliphatic rings. The molecule has 1 amide bonds. The number of rotatable bonds is 6. The molecule has 5 nitrogen and oxygen atoms in total. The van der Waals surface area contributed by atoms with Crippen LogP contribution in [0.15, 0.2) is 53.1 Å². The van der Waals surface area contributed by atoms with Crippen LogP contribution in [0, 0.1) is 0 Å². The Balaban J connectivity index is 1.73. The zero-order valence-corrected chi connectivity index (χ0v) is 15.2. The maximum absolute atomic E-state index is 12.3. The molecular weight excluding hydrogens is 376 g/mol. The highest BCUT2D eigenvalue weighted by Gasteiger charge is 2.27. The van der Waals surface area contributed by atoms with Crippen LogP contribution >= 0.6 is 23.2 Å². The Morgan fingerprint density at radius 3 is 2.50 bits per heavy atom. The van der Waals surface area contributed by atoms with Crippen molar-refractivity contribution in [2.24, 2.45) is 0 Å². The Morgan fingerprint density at radius 2 is 1.81 bits per heavy atom. The molecule has 0 radical (unpaired) electrons. The van der Waals surface area contributed by atoms with Crippen LogP contribution in [0.2, 0.25) is 10.0 Å². The van der Waals surface area contributed by atoms with E-state index in [0.717, 1.165) is 10.9 Å². The number of carbonyl (C=O) groups is 1. The fourth-order valence-corrected chi connectivity index (χ4v) is 3.31. The second kappa shape index (κ2) is 8.14. The summed E-state index contributed by atoms with van der Waals surface area (Å²) in [6.45, 7) is 0. The maximum atomic E-state index is 12.3. The van der Waals surface area contributed by atoms with E-state index in [0.29, 0.717) is 21.2 Å². The molecule has 0 aliphatic heterocycles. The van der Waals surface area contributed by atoms with E-state index in [-0.39, 0.29) is 12.8 Å². The van der Waals surface area contributed by atoms with Crippen LogP contribution in [0.1, 0.15) is 11.1 Å². The van der Waals surface area contributed by atoms with Gasteiger partial charge in [0.2, 0.25) is 5.91 Å². The van der Waals surface area contributed by atoms with Crippen molar-refractivity contribution in [3.8, 4) is 0 Å². The number of para-hydroxylation sites is 1. The van der Waals surface area contributed by atoms with Gasteiger partial charge in [-0.15, -0.1) is 0 Å². The first-order valence-electron chi connectivity index (χ1n) is 7.99. The largest absolute Gasteiger partial charge is 0.475 e. The third-order valence-corrected chi connectivity index (χ3v) is 4.81. The molecule has 3 N–H and O–H groups in total. The third-order valence-electron chi connectivity index (χ3n) is 4.11. The van der Waals surface area contributed by atoms with E-state index in [1.165, 1.54) is 0 Å². The number of benzene rings is 2. The minimum atomic E-state index is -1.73. The standard InChI is InChI=1S/C18H16BCl2NO4/c20-14-5-3-6-15(21)13(14)9-18(23)22-17(19(24)25)8-11-10-26-16-7-2-1-4-12(11)16/h1-7,10,17,24-25H,8-9H2,(H,22,23)/t17-/m0/s1. The summed E-state index contributed by atoms with van der Waals surface area (Å²) < 4.78 is 5.45. The molecule has 26 heavy (non-hydrogen) atoms. The van der Waals surface area contributed by atoms with Gasteiger partial charge in [-0.1, -0.05) is 47.5 Å². The second-order valence-electron chi connectivity index (χ2n) is 5.93. The number of hydrogen-bond donors (Lipinski definition) is 3. The molecule has 0 saturated carbocycles. The van der Waals surface area contributed by atoms with Crippen molar-refractivity contribution in [3.05, 3.63) is 69.9 Å².